The van der Waals surface area contributed by atoms with Crippen LogP contribution in [0, 0.1) is 11.3 Å². The maximum absolute atomic E-state index is 8.77. The summed E-state index contributed by atoms with van der Waals surface area (Å²) in [6.07, 6.45) is 0. The topological polar surface area (TPSA) is 59.0 Å². The maximum atomic E-state index is 8.77. The third-order valence-corrected chi connectivity index (χ3v) is 2.45. The Bertz CT molecular complexity index is 357. The van der Waals surface area contributed by atoms with Crippen LogP contribution in [0.1, 0.15) is 11.1 Å². The summed E-state index contributed by atoms with van der Waals surface area (Å²) in [7, 11) is 1.53. The van der Waals surface area contributed by atoms with Crippen molar-refractivity contribution in [1.82, 2.24) is 0 Å². The van der Waals surface area contributed by atoms with Crippen molar-refractivity contribution in [2.24, 2.45) is 5.73 Å². The first-order valence-electron chi connectivity index (χ1n) is 3.69. The Hall–Kier alpha value is -1.05. The fourth-order valence-electron chi connectivity index (χ4n) is 1.01. The number of nitrogens with zero attached hydrogens (tertiary/aromatic N) is 1. The number of benzene rings is 1. The second-order valence-electron chi connectivity index (χ2n) is 2.46. The molecule has 0 spiro atoms. The molecule has 0 aliphatic carbocycles. The van der Waals surface area contributed by atoms with Crippen LogP contribution in [0.3, 0.4) is 0 Å². The SMILES string of the molecule is COc1cc(Br)c(CN)cc1C#N. The van der Waals surface area contributed by atoms with Gasteiger partial charge in [-0.15, -0.1) is 0 Å². The third-order valence-electron chi connectivity index (χ3n) is 1.71. The van der Waals surface area contributed by atoms with Gasteiger partial charge in [-0.2, -0.15) is 5.26 Å². The number of nitriles is 1. The molecule has 0 saturated carbocycles. The van der Waals surface area contributed by atoms with Crippen LogP contribution >= 0.6 is 15.9 Å². The second-order valence-corrected chi connectivity index (χ2v) is 3.31. The molecule has 0 aliphatic rings. The molecule has 0 bridgehead atoms. The van der Waals surface area contributed by atoms with Gasteiger partial charge >= 0.3 is 0 Å². The van der Waals surface area contributed by atoms with Crippen molar-refractivity contribution in [3.05, 3.63) is 27.7 Å². The van der Waals surface area contributed by atoms with E-state index in [1.807, 2.05) is 6.07 Å². The maximum Gasteiger partial charge on any atom is 0.137 e. The highest BCUT2D eigenvalue weighted by Crippen LogP contribution is 2.26. The normalized spacial score (nSPS) is 9.38. The van der Waals surface area contributed by atoms with E-state index in [0.29, 0.717) is 17.9 Å². The van der Waals surface area contributed by atoms with E-state index in [1.54, 1.807) is 12.1 Å². The molecule has 0 aliphatic heterocycles. The van der Waals surface area contributed by atoms with Crippen LogP contribution in [-0.4, -0.2) is 7.11 Å². The molecule has 68 valence electrons. The van der Waals surface area contributed by atoms with Crippen LogP contribution in [0.4, 0.5) is 0 Å². The van der Waals surface area contributed by atoms with Gasteiger partial charge in [0.25, 0.3) is 0 Å². The van der Waals surface area contributed by atoms with Gasteiger partial charge in [0.05, 0.1) is 12.7 Å². The molecule has 0 amide bonds. The van der Waals surface area contributed by atoms with Crippen molar-refractivity contribution < 1.29 is 4.74 Å². The molecule has 0 fully saturated rings. The number of hydrogen-bond acceptors (Lipinski definition) is 3. The molecule has 1 rings (SSSR count). The predicted octanol–water partition coefficient (Wildman–Crippen LogP) is 1.79. The Morgan fingerprint density at radius 3 is 2.77 bits per heavy atom. The van der Waals surface area contributed by atoms with Gasteiger partial charge in [0.15, 0.2) is 0 Å². The van der Waals surface area contributed by atoms with E-state index < -0.39 is 0 Å². The Balaban J connectivity index is 3.28. The molecule has 4 heteroatoms. The van der Waals surface area contributed by atoms with Gasteiger partial charge in [0.1, 0.15) is 11.8 Å². The van der Waals surface area contributed by atoms with E-state index in [-0.39, 0.29) is 0 Å². The molecule has 0 atom stereocenters. The lowest BCUT2D eigenvalue weighted by atomic mass is 10.1. The Kier molecular flexibility index (Phi) is 3.29. The quantitative estimate of drug-likeness (QED) is 0.858. The van der Waals surface area contributed by atoms with Crippen LogP contribution in [0.2, 0.25) is 0 Å². The third kappa shape index (κ3) is 2.00. The molecular weight excluding hydrogens is 232 g/mol. The summed E-state index contributed by atoms with van der Waals surface area (Å²) >= 11 is 3.34. The van der Waals surface area contributed by atoms with E-state index in [9.17, 15) is 0 Å². The first kappa shape index (κ1) is 10.0. The van der Waals surface area contributed by atoms with Gasteiger partial charge in [-0.05, 0) is 17.7 Å². The zero-order valence-corrected chi connectivity index (χ0v) is 8.76. The summed E-state index contributed by atoms with van der Waals surface area (Å²) in [5.41, 5.74) is 6.89. The van der Waals surface area contributed by atoms with Gasteiger partial charge < -0.3 is 10.5 Å². The van der Waals surface area contributed by atoms with Gasteiger partial charge in [-0.3, -0.25) is 0 Å². The highest BCUT2D eigenvalue weighted by Gasteiger charge is 2.06. The summed E-state index contributed by atoms with van der Waals surface area (Å²) in [5.74, 6) is 0.562. The number of ether oxygens (including phenoxy) is 1. The van der Waals surface area contributed by atoms with Crippen molar-refractivity contribution in [1.29, 1.82) is 5.26 Å². The molecule has 0 saturated heterocycles. The van der Waals surface area contributed by atoms with Crippen molar-refractivity contribution in [3.63, 3.8) is 0 Å². The first-order valence-corrected chi connectivity index (χ1v) is 4.48. The van der Waals surface area contributed by atoms with Gasteiger partial charge in [0.2, 0.25) is 0 Å². The van der Waals surface area contributed by atoms with Crippen molar-refractivity contribution in [2.75, 3.05) is 7.11 Å². The van der Waals surface area contributed by atoms with Gasteiger partial charge in [-0.25, -0.2) is 0 Å². The predicted molar refractivity (Wildman–Crippen MR) is 53.3 cm³/mol. The minimum Gasteiger partial charge on any atom is -0.495 e. The molecule has 0 aromatic heterocycles. The molecule has 2 N–H and O–H groups in total. The molecule has 1 aromatic rings. The van der Waals surface area contributed by atoms with Crippen LogP contribution in [0.25, 0.3) is 0 Å². The van der Waals surface area contributed by atoms with Crippen molar-refractivity contribution in [2.45, 2.75) is 6.54 Å². The lowest BCUT2D eigenvalue weighted by molar-refractivity contribution is 0.413. The lowest BCUT2D eigenvalue weighted by Crippen LogP contribution is -1.99. The minimum absolute atomic E-state index is 0.402. The number of rotatable bonds is 2. The molecule has 0 radical (unpaired) electrons. The molecule has 1 aromatic carbocycles. The molecule has 3 nitrogen and oxygen atoms in total. The zero-order valence-electron chi connectivity index (χ0n) is 7.17. The fourth-order valence-corrected chi connectivity index (χ4v) is 1.50. The second kappa shape index (κ2) is 4.26. The van der Waals surface area contributed by atoms with E-state index in [2.05, 4.69) is 15.9 Å². The molecule has 13 heavy (non-hydrogen) atoms. The highest BCUT2D eigenvalue weighted by atomic mass is 79.9. The average Bonchev–Trinajstić information content (AvgIpc) is 2.17. The van der Waals surface area contributed by atoms with Gasteiger partial charge in [0, 0.05) is 11.0 Å². The summed E-state index contributed by atoms with van der Waals surface area (Å²) < 4.78 is 5.89. The van der Waals surface area contributed by atoms with Crippen LogP contribution in [-0.2, 0) is 6.54 Å². The van der Waals surface area contributed by atoms with Crippen LogP contribution in [0.5, 0.6) is 5.75 Å². The zero-order chi connectivity index (χ0) is 9.84. The highest BCUT2D eigenvalue weighted by molar-refractivity contribution is 9.10. The van der Waals surface area contributed by atoms with E-state index >= 15 is 0 Å². The number of hydrogen-bond donors (Lipinski definition) is 1. The number of halogens is 1. The number of methoxy groups -OCH3 is 1. The first-order chi connectivity index (χ1) is 6.22. The van der Waals surface area contributed by atoms with E-state index in [0.717, 1.165) is 10.0 Å². The van der Waals surface area contributed by atoms with E-state index in [1.165, 1.54) is 7.11 Å². The number of nitrogens with two attached hydrogens (primary N) is 1. The lowest BCUT2D eigenvalue weighted by Gasteiger charge is -2.06. The molecule has 0 unspecified atom stereocenters. The van der Waals surface area contributed by atoms with E-state index in [4.69, 9.17) is 15.7 Å². The minimum atomic E-state index is 0.402. The fraction of sp³-hybridized carbons (Fsp3) is 0.222. The molecular formula is C9H9BrN2O. The van der Waals surface area contributed by atoms with Crippen molar-refractivity contribution in [3.8, 4) is 11.8 Å². The summed E-state index contributed by atoms with van der Waals surface area (Å²) in [5, 5.41) is 8.77. The van der Waals surface area contributed by atoms with Crippen LogP contribution in [0.15, 0.2) is 16.6 Å². The summed E-state index contributed by atoms with van der Waals surface area (Å²) in [6, 6.07) is 5.52. The largest absolute Gasteiger partial charge is 0.495 e. The smallest absolute Gasteiger partial charge is 0.137 e. The Labute approximate surface area is 85.2 Å². The Morgan fingerprint density at radius 2 is 2.31 bits per heavy atom. The monoisotopic (exact) mass is 240 g/mol. The average molecular weight is 241 g/mol. The van der Waals surface area contributed by atoms with Crippen molar-refractivity contribution >= 4 is 15.9 Å². The molecule has 0 heterocycles. The standard InChI is InChI=1S/C9H9BrN2O/c1-13-9-3-8(10)6(4-11)2-7(9)5-12/h2-3H,4,11H2,1H3. The van der Waals surface area contributed by atoms with Gasteiger partial charge in [-0.1, -0.05) is 15.9 Å². The Morgan fingerprint density at radius 1 is 1.62 bits per heavy atom. The summed E-state index contributed by atoms with van der Waals surface area (Å²) in [4.78, 5) is 0. The van der Waals surface area contributed by atoms with Crippen LogP contribution < -0.4 is 10.5 Å². The summed E-state index contributed by atoms with van der Waals surface area (Å²) in [6.45, 7) is 0.402.